The second-order valence-electron chi connectivity index (χ2n) is 2.46. The van der Waals surface area contributed by atoms with Crippen LogP contribution in [0, 0.1) is 0 Å². The summed E-state index contributed by atoms with van der Waals surface area (Å²) in [5.74, 6) is 0.178. The number of aliphatic hydroxyl groups is 1. The number of aryl methyl sites for hydroxylation is 1. The van der Waals surface area contributed by atoms with Crippen molar-refractivity contribution in [1.82, 2.24) is 0 Å². The van der Waals surface area contributed by atoms with Crippen LogP contribution in [-0.2, 0) is 6.42 Å². The highest BCUT2D eigenvalue weighted by Gasteiger charge is 2.00. The van der Waals surface area contributed by atoms with E-state index in [1.165, 1.54) is 4.88 Å². The Labute approximate surface area is 71.0 Å². The molecule has 1 heterocycles. The predicted octanol–water partition coefficient (Wildman–Crippen LogP) is 3.23. The molecule has 0 aromatic carbocycles. The molecule has 0 aliphatic heterocycles. The highest BCUT2D eigenvalue weighted by molar-refractivity contribution is 7.13. The second kappa shape index (κ2) is 3.58. The maximum absolute atomic E-state index is 9.02. The molecule has 0 fully saturated rings. The summed E-state index contributed by atoms with van der Waals surface area (Å²) < 4.78 is 0. The van der Waals surface area contributed by atoms with Gasteiger partial charge >= 0.3 is 0 Å². The molecule has 0 unspecified atom stereocenters. The molecule has 1 nitrogen and oxygen atoms in total. The predicted molar refractivity (Wildman–Crippen MR) is 50.0 cm³/mol. The van der Waals surface area contributed by atoms with Crippen molar-refractivity contribution in [1.29, 1.82) is 0 Å². The SMILES string of the molecule is C=C(O)c1ccc(CCC)s1. The quantitative estimate of drug-likeness (QED) is 0.687. The first-order valence-electron chi connectivity index (χ1n) is 3.71. The minimum atomic E-state index is 0.178. The Bertz CT molecular complexity index is 250. The van der Waals surface area contributed by atoms with Gasteiger partial charge in [0, 0.05) is 4.88 Å². The Morgan fingerprint density at radius 1 is 1.64 bits per heavy atom. The molecule has 0 aliphatic carbocycles. The van der Waals surface area contributed by atoms with Crippen molar-refractivity contribution >= 4 is 17.1 Å². The lowest BCUT2D eigenvalue weighted by molar-refractivity contribution is 0.516. The maximum Gasteiger partial charge on any atom is 0.125 e. The molecule has 0 saturated heterocycles. The molecular formula is C9H12OS. The molecule has 0 aliphatic rings. The topological polar surface area (TPSA) is 20.2 Å². The Kier molecular flexibility index (Phi) is 2.71. The number of hydrogen-bond acceptors (Lipinski definition) is 2. The fourth-order valence-electron chi connectivity index (χ4n) is 0.914. The molecule has 0 saturated carbocycles. The van der Waals surface area contributed by atoms with Gasteiger partial charge in [-0.1, -0.05) is 19.9 Å². The van der Waals surface area contributed by atoms with Gasteiger partial charge in [-0.15, -0.1) is 11.3 Å². The van der Waals surface area contributed by atoms with E-state index in [2.05, 4.69) is 13.5 Å². The first kappa shape index (κ1) is 8.34. The summed E-state index contributed by atoms with van der Waals surface area (Å²) in [5, 5.41) is 9.02. The molecule has 1 N–H and O–H groups in total. The zero-order chi connectivity index (χ0) is 8.27. The van der Waals surface area contributed by atoms with Gasteiger partial charge in [0.25, 0.3) is 0 Å². The summed E-state index contributed by atoms with van der Waals surface area (Å²) in [6.45, 7) is 5.61. The van der Waals surface area contributed by atoms with Gasteiger partial charge in [0.05, 0.1) is 4.88 Å². The summed E-state index contributed by atoms with van der Waals surface area (Å²) in [7, 11) is 0. The molecule has 2 heteroatoms. The van der Waals surface area contributed by atoms with Gasteiger partial charge in [-0.05, 0) is 18.6 Å². The van der Waals surface area contributed by atoms with Gasteiger partial charge in [0.15, 0.2) is 0 Å². The maximum atomic E-state index is 9.02. The summed E-state index contributed by atoms with van der Waals surface area (Å²) >= 11 is 1.62. The Balaban J connectivity index is 2.73. The average Bonchev–Trinajstić information content (AvgIpc) is 2.37. The highest BCUT2D eigenvalue weighted by Crippen LogP contribution is 2.22. The smallest absolute Gasteiger partial charge is 0.125 e. The van der Waals surface area contributed by atoms with Crippen LogP contribution in [0.2, 0.25) is 0 Å². The Morgan fingerprint density at radius 2 is 2.36 bits per heavy atom. The van der Waals surface area contributed by atoms with Crippen LogP contribution < -0.4 is 0 Å². The molecule has 0 atom stereocenters. The summed E-state index contributed by atoms with van der Waals surface area (Å²) in [6.07, 6.45) is 2.25. The van der Waals surface area contributed by atoms with E-state index in [-0.39, 0.29) is 5.76 Å². The fraction of sp³-hybridized carbons (Fsp3) is 0.333. The molecule has 1 aromatic rings. The number of rotatable bonds is 3. The van der Waals surface area contributed by atoms with Crippen molar-refractivity contribution < 1.29 is 5.11 Å². The van der Waals surface area contributed by atoms with Crippen molar-refractivity contribution in [2.75, 3.05) is 0 Å². The van der Waals surface area contributed by atoms with E-state index in [9.17, 15) is 0 Å². The largest absolute Gasteiger partial charge is 0.507 e. The Hall–Kier alpha value is -0.760. The van der Waals surface area contributed by atoms with Crippen LogP contribution in [0.1, 0.15) is 23.1 Å². The number of thiophene rings is 1. The minimum Gasteiger partial charge on any atom is -0.507 e. The molecular weight excluding hydrogens is 156 g/mol. The van der Waals surface area contributed by atoms with Crippen LogP contribution >= 0.6 is 11.3 Å². The molecule has 0 amide bonds. The van der Waals surface area contributed by atoms with Crippen LogP contribution in [0.15, 0.2) is 18.7 Å². The van der Waals surface area contributed by atoms with Crippen LogP contribution in [0.25, 0.3) is 5.76 Å². The van der Waals surface area contributed by atoms with Crippen LogP contribution in [0.3, 0.4) is 0 Å². The van der Waals surface area contributed by atoms with Gasteiger partial charge in [-0.25, -0.2) is 0 Å². The van der Waals surface area contributed by atoms with E-state index in [4.69, 9.17) is 5.11 Å². The van der Waals surface area contributed by atoms with E-state index in [0.717, 1.165) is 17.7 Å². The number of aliphatic hydroxyl groups excluding tert-OH is 1. The van der Waals surface area contributed by atoms with Crippen molar-refractivity contribution in [3.8, 4) is 0 Å². The summed E-state index contributed by atoms with van der Waals surface area (Å²) in [4.78, 5) is 2.20. The molecule has 1 aromatic heterocycles. The van der Waals surface area contributed by atoms with Gasteiger partial charge < -0.3 is 5.11 Å². The molecule has 60 valence electrons. The third-order valence-corrected chi connectivity index (χ3v) is 2.64. The van der Waals surface area contributed by atoms with Gasteiger partial charge in [0.2, 0.25) is 0 Å². The van der Waals surface area contributed by atoms with Crippen molar-refractivity contribution in [3.63, 3.8) is 0 Å². The van der Waals surface area contributed by atoms with Crippen molar-refractivity contribution in [2.45, 2.75) is 19.8 Å². The normalized spacial score (nSPS) is 9.91. The van der Waals surface area contributed by atoms with E-state index in [1.54, 1.807) is 11.3 Å². The summed E-state index contributed by atoms with van der Waals surface area (Å²) in [6, 6.07) is 3.96. The number of hydrogen-bond donors (Lipinski definition) is 1. The molecule has 0 spiro atoms. The van der Waals surface area contributed by atoms with Gasteiger partial charge in [-0.3, -0.25) is 0 Å². The fourth-order valence-corrected chi connectivity index (χ4v) is 1.89. The minimum absolute atomic E-state index is 0.178. The van der Waals surface area contributed by atoms with Crippen molar-refractivity contribution in [3.05, 3.63) is 28.5 Å². The van der Waals surface area contributed by atoms with E-state index >= 15 is 0 Å². The third kappa shape index (κ3) is 2.09. The lowest BCUT2D eigenvalue weighted by Gasteiger charge is -1.90. The Morgan fingerprint density at radius 3 is 2.82 bits per heavy atom. The zero-order valence-electron chi connectivity index (χ0n) is 6.63. The van der Waals surface area contributed by atoms with Crippen LogP contribution in [-0.4, -0.2) is 5.11 Å². The van der Waals surface area contributed by atoms with Crippen molar-refractivity contribution in [2.24, 2.45) is 0 Å². The molecule has 0 radical (unpaired) electrons. The van der Waals surface area contributed by atoms with Crippen LogP contribution in [0.5, 0.6) is 0 Å². The first-order valence-corrected chi connectivity index (χ1v) is 4.52. The van der Waals surface area contributed by atoms with E-state index in [1.807, 2.05) is 12.1 Å². The van der Waals surface area contributed by atoms with E-state index in [0.29, 0.717) is 0 Å². The van der Waals surface area contributed by atoms with Crippen LogP contribution in [0.4, 0.5) is 0 Å². The van der Waals surface area contributed by atoms with Gasteiger partial charge in [-0.2, -0.15) is 0 Å². The molecule has 0 bridgehead atoms. The summed E-state index contributed by atoms with van der Waals surface area (Å²) in [5.41, 5.74) is 0. The van der Waals surface area contributed by atoms with E-state index < -0.39 is 0 Å². The molecule has 11 heavy (non-hydrogen) atoms. The third-order valence-electron chi connectivity index (χ3n) is 1.44. The zero-order valence-corrected chi connectivity index (χ0v) is 7.45. The average molecular weight is 168 g/mol. The second-order valence-corrected chi connectivity index (χ2v) is 3.63. The highest BCUT2D eigenvalue weighted by atomic mass is 32.1. The lowest BCUT2D eigenvalue weighted by Crippen LogP contribution is -1.72. The monoisotopic (exact) mass is 168 g/mol. The standard InChI is InChI=1S/C9H12OS/c1-3-4-8-5-6-9(11-8)7(2)10/h5-6,10H,2-4H2,1H3. The van der Waals surface area contributed by atoms with Gasteiger partial charge in [0.1, 0.15) is 5.76 Å². The first-order chi connectivity index (χ1) is 5.24. The lowest BCUT2D eigenvalue weighted by atomic mass is 10.3. The molecule has 1 rings (SSSR count).